The molecule has 16 heavy (non-hydrogen) atoms. The van der Waals surface area contributed by atoms with Crippen LogP contribution in [-0.2, 0) is 6.54 Å². The number of nitrogens with zero attached hydrogens (tertiary/aromatic N) is 1. The smallest absolute Gasteiger partial charge is 0.123 e. The second kappa shape index (κ2) is 4.99. The summed E-state index contributed by atoms with van der Waals surface area (Å²) in [6.07, 6.45) is 1.78. The third-order valence-corrected chi connectivity index (χ3v) is 2.72. The van der Waals surface area contributed by atoms with Gasteiger partial charge in [0.1, 0.15) is 5.82 Å². The highest BCUT2D eigenvalue weighted by Crippen LogP contribution is 2.14. The summed E-state index contributed by atoms with van der Waals surface area (Å²) in [5.74, 6) is 0.549. The zero-order valence-electron chi connectivity index (χ0n) is 8.65. The third kappa shape index (κ3) is 2.97. The number of nitrogens with two attached hydrogens (primary N) is 1. The predicted octanol–water partition coefficient (Wildman–Crippen LogP) is 3.04. The maximum absolute atomic E-state index is 5.51. The van der Waals surface area contributed by atoms with Crippen LogP contribution >= 0.6 is 15.9 Å². The number of hydrogen-bond acceptors (Lipinski definition) is 3. The summed E-state index contributed by atoms with van der Waals surface area (Å²) in [5, 5.41) is 3.31. The van der Waals surface area contributed by atoms with Crippen LogP contribution in [0.4, 0.5) is 11.5 Å². The van der Waals surface area contributed by atoms with Crippen LogP contribution in [0, 0.1) is 0 Å². The largest absolute Gasteiger partial charge is 0.384 e. The van der Waals surface area contributed by atoms with E-state index < -0.39 is 0 Å². The molecule has 0 aliphatic heterocycles. The highest BCUT2D eigenvalue weighted by atomic mass is 79.9. The van der Waals surface area contributed by atoms with E-state index in [-0.39, 0.29) is 0 Å². The number of hydrogen-bond donors (Lipinski definition) is 2. The molecule has 1 heterocycles. The summed E-state index contributed by atoms with van der Waals surface area (Å²) < 4.78 is 1.08. The topological polar surface area (TPSA) is 50.9 Å². The van der Waals surface area contributed by atoms with Crippen LogP contribution in [0.25, 0.3) is 0 Å². The lowest BCUT2D eigenvalue weighted by atomic mass is 10.2. The van der Waals surface area contributed by atoms with Gasteiger partial charge in [-0.3, -0.25) is 0 Å². The first-order valence-corrected chi connectivity index (χ1v) is 5.73. The number of anilines is 2. The standard InChI is InChI=1S/C12H12BrN3/c13-10-2-4-11(5-3-10)15-7-9-1-6-12(14)16-8-9/h1-6,8,15H,7H2,(H2,14,16). The van der Waals surface area contributed by atoms with Crippen LogP contribution in [0.1, 0.15) is 5.56 Å². The fourth-order valence-electron chi connectivity index (χ4n) is 1.31. The van der Waals surface area contributed by atoms with Gasteiger partial charge < -0.3 is 11.1 Å². The van der Waals surface area contributed by atoms with Gasteiger partial charge in [0, 0.05) is 22.9 Å². The summed E-state index contributed by atoms with van der Waals surface area (Å²) in [7, 11) is 0. The number of benzene rings is 1. The van der Waals surface area contributed by atoms with E-state index in [0.29, 0.717) is 5.82 Å². The van der Waals surface area contributed by atoms with Crippen molar-refractivity contribution in [1.82, 2.24) is 4.98 Å². The molecule has 0 radical (unpaired) electrons. The molecule has 0 amide bonds. The molecule has 0 aliphatic carbocycles. The van der Waals surface area contributed by atoms with Gasteiger partial charge in [0.15, 0.2) is 0 Å². The van der Waals surface area contributed by atoms with Crippen molar-refractivity contribution in [3.05, 3.63) is 52.6 Å². The lowest BCUT2D eigenvalue weighted by Crippen LogP contribution is -2.00. The van der Waals surface area contributed by atoms with Crippen molar-refractivity contribution in [3.8, 4) is 0 Å². The maximum atomic E-state index is 5.51. The molecule has 0 unspecified atom stereocenters. The van der Waals surface area contributed by atoms with Crippen molar-refractivity contribution < 1.29 is 0 Å². The minimum atomic E-state index is 0.549. The zero-order valence-corrected chi connectivity index (χ0v) is 10.2. The Bertz CT molecular complexity index is 405. The van der Waals surface area contributed by atoms with Gasteiger partial charge in [-0.2, -0.15) is 0 Å². The molecule has 1 aromatic heterocycles. The minimum absolute atomic E-state index is 0.549. The number of pyridine rings is 1. The molecular weight excluding hydrogens is 266 g/mol. The van der Waals surface area contributed by atoms with Crippen molar-refractivity contribution in [2.24, 2.45) is 0 Å². The van der Waals surface area contributed by atoms with Crippen LogP contribution in [0.15, 0.2) is 47.1 Å². The maximum Gasteiger partial charge on any atom is 0.123 e. The predicted molar refractivity (Wildman–Crippen MR) is 70.1 cm³/mol. The summed E-state index contributed by atoms with van der Waals surface area (Å²) in [6, 6.07) is 11.8. The molecule has 0 fully saturated rings. The van der Waals surface area contributed by atoms with Crippen LogP contribution in [0.2, 0.25) is 0 Å². The first-order valence-electron chi connectivity index (χ1n) is 4.94. The van der Waals surface area contributed by atoms with Crippen molar-refractivity contribution in [3.63, 3.8) is 0 Å². The number of nitrogens with one attached hydrogen (secondary N) is 1. The van der Waals surface area contributed by atoms with Gasteiger partial charge in [0.05, 0.1) is 0 Å². The molecule has 0 saturated heterocycles. The Hall–Kier alpha value is -1.55. The Morgan fingerprint density at radius 2 is 1.88 bits per heavy atom. The Morgan fingerprint density at radius 3 is 2.50 bits per heavy atom. The van der Waals surface area contributed by atoms with E-state index >= 15 is 0 Å². The summed E-state index contributed by atoms with van der Waals surface area (Å²) in [6.45, 7) is 0.745. The Balaban J connectivity index is 1.97. The van der Waals surface area contributed by atoms with Crippen molar-refractivity contribution in [1.29, 1.82) is 0 Å². The highest BCUT2D eigenvalue weighted by molar-refractivity contribution is 9.10. The van der Waals surface area contributed by atoms with Crippen LogP contribution < -0.4 is 11.1 Å². The SMILES string of the molecule is Nc1ccc(CNc2ccc(Br)cc2)cn1. The molecule has 3 N–H and O–H groups in total. The molecule has 3 nitrogen and oxygen atoms in total. The molecule has 0 aliphatic rings. The average Bonchev–Trinajstić information content (AvgIpc) is 2.30. The van der Waals surface area contributed by atoms with Gasteiger partial charge in [0.2, 0.25) is 0 Å². The second-order valence-corrected chi connectivity index (χ2v) is 4.37. The van der Waals surface area contributed by atoms with E-state index in [2.05, 4.69) is 26.2 Å². The number of nitrogen functional groups attached to an aromatic ring is 1. The van der Waals surface area contributed by atoms with E-state index in [1.165, 1.54) is 0 Å². The minimum Gasteiger partial charge on any atom is -0.384 e. The summed E-state index contributed by atoms with van der Waals surface area (Å²) in [5.41, 5.74) is 7.71. The number of rotatable bonds is 3. The molecular formula is C12H12BrN3. The fourth-order valence-corrected chi connectivity index (χ4v) is 1.58. The van der Waals surface area contributed by atoms with Crippen LogP contribution in [-0.4, -0.2) is 4.98 Å². The van der Waals surface area contributed by atoms with E-state index in [1.807, 2.05) is 30.3 Å². The van der Waals surface area contributed by atoms with Crippen LogP contribution in [0.3, 0.4) is 0 Å². The summed E-state index contributed by atoms with van der Waals surface area (Å²) >= 11 is 3.40. The quantitative estimate of drug-likeness (QED) is 0.907. The first-order chi connectivity index (χ1) is 7.74. The van der Waals surface area contributed by atoms with Crippen molar-refractivity contribution >= 4 is 27.4 Å². The molecule has 2 aromatic rings. The first kappa shape index (κ1) is 11.0. The van der Waals surface area contributed by atoms with E-state index in [4.69, 9.17) is 5.73 Å². The highest BCUT2D eigenvalue weighted by Gasteiger charge is 1.95. The van der Waals surface area contributed by atoms with Gasteiger partial charge in [-0.25, -0.2) is 4.98 Å². The van der Waals surface area contributed by atoms with Crippen molar-refractivity contribution in [2.75, 3.05) is 11.1 Å². The Kier molecular flexibility index (Phi) is 3.41. The molecule has 1 aromatic carbocycles. The summed E-state index contributed by atoms with van der Waals surface area (Å²) in [4.78, 5) is 4.04. The second-order valence-electron chi connectivity index (χ2n) is 3.45. The Labute approximate surface area is 103 Å². The number of halogens is 1. The molecule has 0 bridgehead atoms. The fraction of sp³-hybridized carbons (Fsp3) is 0.0833. The molecule has 4 heteroatoms. The van der Waals surface area contributed by atoms with Gasteiger partial charge in [-0.15, -0.1) is 0 Å². The van der Waals surface area contributed by atoms with E-state index in [1.54, 1.807) is 12.3 Å². The molecule has 2 rings (SSSR count). The third-order valence-electron chi connectivity index (χ3n) is 2.19. The molecule has 0 spiro atoms. The average molecular weight is 278 g/mol. The van der Waals surface area contributed by atoms with Gasteiger partial charge in [-0.1, -0.05) is 22.0 Å². The van der Waals surface area contributed by atoms with E-state index in [9.17, 15) is 0 Å². The normalized spacial score (nSPS) is 10.1. The van der Waals surface area contributed by atoms with Gasteiger partial charge in [-0.05, 0) is 35.9 Å². The van der Waals surface area contributed by atoms with Crippen molar-refractivity contribution in [2.45, 2.75) is 6.54 Å². The monoisotopic (exact) mass is 277 g/mol. The van der Waals surface area contributed by atoms with Gasteiger partial charge >= 0.3 is 0 Å². The molecule has 0 atom stereocenters. The lowest BCUT2D eigenvalue weighted by Gasteiger charge is -2.06. The zero-order chi connectivity index (χ0) is 11.4. The Morgan fingerprint density at radius 1 is 1.12 bits per heavy atom. The number of aromatic nitrogens is 1. The van der Waals surface area contributed by atoms with Gasteiger partial charge in [0.25, 0.3) is 0 Å². The lowest BCUT2D eigenvalue weighted by molar-refractivity contribution is 1.12. The van der Waals surface area contributed by atoms with Crippen LogP contribution in [0.5, 0.6) is 0 Å². The molecule has 0 saturated carbocycles. The molecule has 82 valence electrons. The van der Waals surface area contributed by atoms with E-state index in [0.717, 1.165) is 22.3 Å².